The minimum atomic E-state index is -0.423. The largest absolute Gasteiger partial charge is 0.328 e. The number of hydrogen-bond donors (Lipinski definition) is 0. The minimum absolute atomic E-state index is 0.0559. The van der Waals surface area contributed by atoms with E-state index in [9.17, 15) is 9.59 Å². The van der Waals surface area contributed by atoms with Gasteiger partial charge in [0.1, 0.15) is 5.82 Å². The van der Waals surface area contributed by atoms with E-state index in [0.29, 0.717) is 28.8 Å². The Balaban J connectivity index is 1.92. The van der Waals surface area contributed by atoms with Crippen molar-refractivity contribution < 1.29 is 4.79 Å². The molecular weight excluding hydrogens is 434 g/mol. The fraction of sp³-hybridized carbons (Fsp3) is 0.300. The van der Waals surface area contributed by atoms with Crippen LogP contribution in [0.3, 0.4) is 0 Å². The minimum Gasteiger partial charge on any atom is -0.328 e. The van der Waals surface area contributed by atoms with Gasteiger partial charge in [0.15, 0.2) is 0 Å². The van der Waals surface area contributed by atoms with Crippen molar-refractivity contribution in [1.29, 1.82) is 0 Å². The van der Waals surface area contributed by atoms with Crippen molar-refractivity contribution in [3.8, 4) is 5.69 Å². The van der Waals surface area contributed by atoms with Gasteiger partial charge in [-0.1, -0.05) is 63.2 Å². The number of carbonyl (C=O) groups is 1. The van der Waals surface area contributed by atoms with Crippen LogP contribution in [0.5, 0.6) is 0 Å². The van der Waals surface area contributed by atoms with Gasteiger partial charge in [0, 0.05) is 12.1 Å². The highest BCUT2D eigenvalue weighted by molar-refractivity contribution is 5.96. The number of amides is 1. The molecule has 0 fully saturated rings. The number of benzene rings is 3. The van der Waals surface area contributed by atoms with Gasteiger partial charge in [-0.2, -0.15) is 0 Å². The fourth-order valence-electron chi connectivity index (χ4n) is 4.48. The van der Waals surface area contributed by atoms with Crippen molar-refractivity contribution in [2.45, 2.75) is 47.1 Å². The van der Waals surface area contributed by atoms with Crippen LogP contribution >= 0.6 is 0 Å². The predicted molar refractivity (Wildman–Crippen MR) is 142 cm³/mol. The van der Waals surface area contributed by atoms with E-state index in [-0.39, 0.29) is 17.4 Å². The Morgan fingerprint density at radius 3 is 2.26 bits per heavy atom. The Morgan fingerprint density at radius 2 is 1.60 bits per heavy atom. The maximum absolute atomic E-state index is 13.8. The van der Waals surface area contributed by atoms with Gasteiger partial charge in [0.05, 0.1) is 22.6 Å². The number of aryl methyl sites for hydroxylation is 2. The molecule has 5 heteroatoms. The lowest BCUT2D eigenvalue weighted by Gasteiger charge is -2.32. The molecule has 1 amide bonds. The SMILES string of the molecule is CCc1ccc(-n2c(C(C)N(CC(C)C)C(=O)c3ccccc3C)nc3ccccc3c2=O)cc1. The Hall–Kier alpha value is -3.73. The van der Waals surface area contributed by atoms with E-state index >= 15 is 0 Å². The molecule has 0 bridgehead atoms. The monoisotopic (exact) mass is 467 g/mol. The van der Waals surface area contributed by atoms with Crippen LogP contribution in [0.15, 0.2) is 77.6 Å². The summed E-state index contributed by atoms with van der Waals surface area (Å²) in [4.78, 5) is 34.4. The van der Waals surface area contributed by atoms with Crippen molar-refractivity contribution in [2.24, 2.45) is 5.92 Å². The molecule has 0 aliphatic heterocycles. The predicted octanol–water partition coefficient (Wildman–Crippen LogP) is 6.12. The van der Waals surface area contributed by atoms with Gasteiger partial charge in [-0.15, -0.1) is 0 Å². The van der Waals surface area contributed by atoms with Crippen molar-refractivity contribution in [3.05, 3.63) is 106 Å². The number of rotatable bonds is 7. The molecule has 4 rings (SSSR count). The molecular formula is C30H33N3O2. The highest BCUT2D eigenvalue weighted by Crippen LogP contribution is 2.26. The Bertz CT molecular complexity index is 1400. The van der Waals surface area contributed by atoms with Crippen LogP contribution in [-0.4, -0.2) is 26.9 Å². The van der Waals surface area contributed by atoms with Crippen molar-refractivity contribution in [1.82, 2.24) is 14.5 Å². The Morgan fingerprint density at radius 1 is 0.943 bits per heavy atom. The molecule has 180 valence electrons. The molecule has 0 saturated heterocycles. The van der Waals surface area contributed by atoms with Gasteiger partial charge < -0.3 is 4.90 Å². The molecule has 3 aromatic carbocycles. The van der Waals surface area contributed by atoms with E-state index in [4.69, 9.17) is 4.98 Å². The smallest absolute Gasteiger partial charge is 0.266 e. The van der Waals surface area contributed by atoms with Crippen molar-refractivity contribution >= 4 is 16.8 Å². The lowest BCUT2D eigenvalue weighted by Crippen LogP contribution is -2.39. The molecule has 1 aromatic heterocycles. The first-order chi connectivity index (χ1) is 16.8. The fourth-order valence-corrected chi connectivity index (χ4v) is 4.48. The molecule has 0 saturated carbocycles. The van der Waals surface area contributed by atoms with Crippen LogP contribution in [0.2, 0.25) is 0 Å². The summed E-state index contributed by atoms with van der Waals surface area (Å²) >= 11 is 0. The number of carbonyl (C=O) groups excluding carboxylic acids is 1. The second-order valence-electron chi connectivity index (χ2n) is 9.49. The first kappa shape index (κ1) is 24.4. The zero-order valence-corrected chi connectivity index (χ0v) is 21.2. The van der Waals surface area contributed by atoms with Crippen LogP contribution in [-0.2, 0) is 6.42 Å². The summed E-state index contributed by atoms with van der Waals surface area (Å²) in [5, 5.41) is 0.559. The first-order valence-electron chi connectivity index (χ1n) is 12.3. The first-order valence-corrected chi connectivity index (χ1v) is 12.3. The molecule has 5 nitrogen and oxygen atoms in total. The third-order valence-electron chi connectivity index (χ3n) is 6.44. The summed E-state index contributed by atoms with van der Waals surface area (Å²) in [7, 11) is 0. The Labute approximate surface area is 207 Å². The average molecular weight is 468 g/mol. The van der Waals surface area contributed by atoms with Gasteiger partial charge in [-0.05, 0) is 67.6 Å². The van der Waals surface area contributed by atoms with Crippen LogP contribution in [0.1, 0.15) is 61.0 Å². The number of fused-ring (bicyclic) bond motifs is 1. The topological polar surface area (TPSA) is 55.2 Å². The summed E-state index contributed by atoms with van der Waals surface area (Å²) in [6.45, 7) is 10.8. The van der Waals surface area contributed by atoms with E-state index in [0.717, 1.165) is 17.7 Å². The van der Waals surface area contributed by atoms with Crippen LogP contribution in [0.4, 0.5) is 0 Å². The summed E-state index contributed by atoms with van der Waals surface area (Å²) in [6, 6.07) is 22.6. The zero-order valence-electron chi connectivity index (χ0n) is 21.2. The molecule has 0 aliphatic rings. The molecule has 1 unspecified atom stereocenters. The second-order valence-corrected chi connectivity index (χ2v) is 9.49. The number of para-hydroxylation sites is 1. The molecule has 0 N–H and O–H groups in total. The maximum Gasteiger partial charge on any atom is 0.266 e. The van der Waals surface area contributed by atoms with Gasteiger partial charge >= 0.3 is 0 Å². The lowest BCUT2D eigenvalue weighted by atomic mass is 10.0. The number of hydrogen-bond acceptors (Lipinski definition) is 3. The highest BCUT2D eigenvalue weighted by atomic mass is 16.2. The van der Waals surface area contributed by atoms with E-state index in [2.05, 4.69) is 20.8 Å². The molecule has 1 atom stereocenters. The summed E-state index contributed by atoms with van der Waals surface area (Å²) in [6.07, 6.45) is 0.918. The third kappa shape index (κ3) is 4.90. The quantitative estimate of drug-likeness (QED) is 0.329. The van der Waals surface area contributed by atoms with E-state index in [1.54, 1.807) is 10.6 Å². The zero-order chi connectivity index (χ0) is 25.1. The highest BCUT2D eigenvalue weighted by Gasteiger charge is 2.28. The van der Waals surface area contributed by atoms with E-state index in [1.165, 1.54) is 5.56 Å². The Kier molecular flexibility index (Phi) is 7.15. The second kappa shape index (κ2) is 10.3. The molecule has 35 heavy (non-hydrogen) atoms. The lowest BCUT2D eigenvalue weighted by molar-refractivity contribution is 0.0654. The van der Waals surface area contributed by atoms with Gasteiger partial charge in [0.2, 0.25) is 0 Å². The van der Waals surface area contributed by atoms with Gasteiger partial charge in [-0.25, -0.2) is 4.98 Å². The molecule has 0 radical (unpaired) electrons. The molecule has 4 aromatic rings. The van der Waals surface area contributed by atoms with E-state index in [1.807, 2.05) is 85.5 Å². The summed E-state index contributed by atoms with van der Waals surface area (Å²) in [5.41, 5.74) is 4.05. The standard InChI is InChI=1S/C30H33N3O2/c1-6-23-15-17-24(18-16-23)33-28(31-27-14-10-9-13-26(27)30(33)35)22(5)32(19-20(2)3)29(34)25-12-8-7-11-21(25)4/h7-18,20,22H,6,19H2,1-5H3. The van der Waals surface area contributed by atoms with Crippen LogP contribution < -0.4 is 5.56 Å². The average Bonchev–Trinajstić information content (AvgIpc) is 2.87. The third-order valence-corrected chi connectivity index (χ3v) is 6.44. The number of nitrogens with zero attached hydrogens (tertiary/aromatic N) is 3. The van der Waals surface area contributed by atoms with Crippen LogP contribution in [0, 0.1) is 12.8 Å². The number of aromatic nitrogens is 2. The summed E-state index contributed by atoms with van der Waals surface area (Å²) < 4.78 is 1.67. The van der Waals surface area contributed by atoms with Gasteiger partial charge in [0.25, 0.3) is 11.5 Å². The van der Waals surface area contributed by atoms with Crippen molar-refractivity contribution in [2.75, 3.05) is 6.54 Å². The van der Waals surface area contributed by atoms with Crippen LogP contribution in [0.25, 0.3) is 16.6 Å². The van der Waals surface area contributed by atoms with E-state index < -0.39 is 6.04 Å². The normalized spacial score (nSPS) is 12.2. The molecule has 0 spiro atoms. The maximum atomic E-state index is 13.8. The molecule has 1 heterocycles. The summed E-state index contributed by atoms with van der Waals surface area (Å²) in [5.74, 6) is 0.745. The molecule has 0 aliphatic carbocycles. The van der Waals surface area contributed by atoms with Crippen molar-refractivity contribution in [3.63, 3.8) is 0 Å². The van der Waals surface area contributed by atoms with Gasteiger partial charge in [-0.3, -0.25) is 14.2 Å².